The zero-order chi connectivity index (χ0) is 15.4. The van der Waals surface area contributed by atoms with E-state index in [1.165, 1.54) is 0 Å². The molecule has 0 unspecified atom stereocenters. The minimum absolute atomic E-state index is 0.0543. The summed E-state index contributed by atoms with van der Waals surface area (Å²) in [4.78, 5) is 18.2. The van der Waals surface area contributed by atoms with E-state index in [1.54, 1.807) is 24.5 Å². The normalized spacial score (nSPS) is 15.6. The van der Waals surface area contributed by atoms with Gasteiger partial charge in [-0.15, -0.1) is 0 Å². The van der Waals surface area contributed by atoms with Gasteiger partial charge in [-0.25, -0.2) is 0 Å². The van der Waals surface area contributed by atoms with Gasteiger partial charge in [-0.05, 0) is 24.3 Å². The predicted molar refractivity (Wildman–Crippen MR) is 85.2 cm³/mol. The molecule has 1 aromatic heterocycles. The van der Waals surface area contributed by atoms with Gasteiger partial charge in [0.05, 0.1) is 5.02 Å². The summed E-state index contributed by atoms with van der Waals surface area (Å²) in [6, 6.07) is 11.0. The molecule has 0 aliphatic carbocycles. The lowest BCUT2D eigenvalue weighted by Gasteiger charge is -2.32. The van der Waals surface area contributed by atoms with Crippen LogP contribution in [-0.2, 0) is 0 Å². The van der Waals surface area contributed by atoms with Crippen molar-refractivity contribution in [1.29, 1.82) is 0 Å². The Morgan fingerprint density at radius 3 is 2.50 bits per heavy atom. The maximum atomic E-state index is 12.4. The molecule has 1 amide bonds. The third-order valence-electron chi connectivity index (χ3n) is 3.79. The van der Waals surface area contributed by atoms with E-state index in [0.29, 0.717) is 29.4 Å². The highest BCUT2D eigenvalue weighted by Gasteiger charge is 2.25. The van der Waals surface area contributed by atoms with Crippen molar-refractivity contribution in [3.8, 4) is 5.75 Å². The molecule has 5 heteroatoms. The summed E-state index contributed by atoms with van der Waals surface area (Å²) in [6.45, 7) is 1.38. The lowest BCUT2D eigenvalue weighted by atomic mass is 10.1. The number of likely N-dealkylation sites (tertiary alicyclic amines) is 1. The SMILES string of the molecule is O=C(c1ccncc1)N1CCC(Oc2ccccc2Cl)CC1. The summed E-state index contributed by atoms with van der Waals surface area (Å²) in [5.74, 6) is 0.765. The van der Waals surface area contributed by atoms with Crippen molar-refractivity contribution in [2.75, 3.05) is 13.1 Å². The zero-order valence-corrected chi connectivity index (χ0v) is 12.9. The van der Waals surface area contributed by atoms with Crippen LogP contribution < -0.4 is 4.74 Å². The number of nitrogens with zero attached hydrogens (tertiary/aromatic N) is 2. The lowest BCUT2D eigenvalue weighted by molar-refractivity contribution is 0.0595. The summed E-state index contributed by atoms with van der Waals surface area (Å²) >= 11 is 6.11. The highest BCUT2D eigenvalue weighted by molar-refractivity contribution is 6.32. The monoisotopic (exact) mass is 316 g/mol. The molecule has 3 rings (SSSR count). The number of ether oxygens (including phenoxy) is 1. The Morgan fingerprint density at radius 1 is 1.14 bits per heavy atom. The smallest absolute Gasteiger partial charge is 0.253 e. The van der Waals surface area contributed by atoms with Crippen LogP contribution in [0.25, 0.3) is 0 Å². The first kappa shape index (κ1) is 14.9. The van der Waals surface area contributed by atoms with E-state index < -0.39 is 0 Å². The van der Waals surface area contributed by atoms with E-state index in [0.717, 1.165) is 12.8 Å². The minimum atomic E-state index is 0.0543. The molecule has 114 valence electrons. The fourth-order valence-electron chi connectivity index (χ4n) is 2.57. The summed E-state index contributed by atoms with van der Waals surface area (Å²) in [5.41, 5.74) is 0.681. The molecule has 4 nitrogen and oxygen atoms in total. The first-order chi connectivity index (χ1) is 10.7. The number of carbonyl (C=O) groups excluding carboxylic acids is 1. The molecule has 1 aromatic carbocycles. The van der Waals surface area contributed by atoms with Crippen LogP contribution in [-0.4, -0.2) is 35.0 Å². The van der Waals surface area contributed by atoms with Crippen LogP contribution in [0.4, 0.5) is 0 Å². The molecule has 1 saturated heterocycles. The standard InChI is InChI=1S/C17H17ClN2O2/c18-15-3-1-2-4-16(15)22-14-7-11-20(12-8-14)17(21)13-5-9-19-10-6-13/h1-6,9-10,14H,7-8,11-12H2. The van der Waals surface area contributed by atoms with Gasteiger partial charge in [-0.1, -0.05) is 23.7 Å². The zero-order valence-electron chi connectivity index (χ0n) is 12.1. The average molecular weight is 317 g/mol. The third-order valence-corrected chi connectivity index (χ3v) is 4.10. The number of hydrogen-bond donors (Lipinski definition) is 0. The van der Waals surface area contributed by atoms with Crippen LogP contribution in [0, 0.1) is 0 Å². The summed E-state index contributed by atoms with van der Waals surface area (Å²) in [6.07, 6.45) is 4.99. The first-order valence-corrected chi connectivity index (χ1v) is 7.72. The van der Waals surface area contributed by atoms with Crippen LogP contribution in [0.2, 0.25) is 5.02 Å². The highest BCUT2D eigenvalue weighted by atomic mass is 35.5. The molecule has 22 heavy (non-hydrogen) atoms. The molecule has 2 heterocycles. The van der Waals surface area contributed by atoms with Crippen molar-refractivity contribution >= 4 is 17.5 Å². The molecule has 0 bridgehead atoms. The average Bonchev–Trinajstić information content (AvgIpc) is 2.58. The number of carbonyl (C=O) groups is 1. The van der Waals surface area contributed by atoms with Gasteiger partial charge in [0.1, 0.15) is 11.9 Å². The van der Waals surface area contributed by atoms with Gasteiger partial charge >= 0.3 is 0 Å². The second-order valence-corrected chi connectivity index (χ2v) is 5.68. The number of halogens is 1. The maximum Gasteiger partial charge on any atom is 0.253 e. The molecule has 2 aromatic rings. The maximum absolute atomic E-state index is 12.4. The number of pyridine rings is 1. The van der Waals surface area contributed by atoms with Gasteiger partial charge in [0.2, 0.25) is 0 Å². The third kappa shape index (κ3) is 3.39. The van der Waals surface area contributed by atoms with E-state index in [2.05, 4.69) is 4.98 Å². The van der Waals surface area contributed by atoms with E-state index in [1.807, 2.05) is 29.2 Å². The summed E-state index contributed by atoms with van der Waals surface area (Å²) in [5, 5.41) is 0.623. The Labute approximate surface area is 134 Å². The number of piperidine rings is 1. The van der Waals surface area contributed by atoms with Gasteiger partial charge in [-0.2, -0.15) is 0 Å². The Morgan fingerprint density at radius 2 is 1.82 bits per heavy atom. The molecule has 0 radical (unpaired) electrons. The second kappa shape index (κ2) is 6.79. The molecule has 1 aliphatic rings. The quantitative estimate of drug-likeness (QED) is 0.871. The number of aromatic nitrogens is 1. The van der Waals surface area contributed by atoms with Crippen molar-refractivity contribution in [2.24, 2.45) is 0 Å². The summed E-state index contributed by atoms with van der Waals surface area (Å²) in [7, 11) is 0. The van der Waals surface area contributed by atoms with Gasteiger partial charge < -0.3 is 9.64 Å². The number of benzene rings is 1. The minimum Gasteiger partial charge on any atom is -0.489 e. The van der Waals surface area contributed by atoms with Crippen LogP contribution in [0.3, 0.4) is 0 Å². The van der Waals surface area contributed by atoms with Crippen LogP contribution in [0.15, 0.2) is 48.8 Å². The largest absolute Gasteiger partial charge is 0.489 e. The Bertz CT molecular complexity index is 640. The predicted octanol–water partition coefficient (Wildman–Crippen LogP) is 3.42. The summed E-state index contributed by atoms with van der Waals surface area (Å²) < 4.78 is 5.94. The number of para-hydroxylation sites is 1. The Balaban J connectivity index is 1.57. The number of rotatable bonds is 3. The van der Waals surface area contributed by atoms with Crippen molar-refractivity contribution in [1.82, 2.24) is 9.88 Å². The molecule has 0 saturated carbocycles. The molecule has 0 N–H and O–H groups in total. The fraction of sp³-hybridized carbons (Fsp3) is 0.294. The molecular formula is C17H17ClN2O2. The molecule has 0 spiro atoms. The van der Waals surface area contributed by atoms with E-state index in [-0.39, 0.29) is 12.0 Å². The van der Waals surface area contributed by atoms with E-state index >= 15 is 0 Å². The topological polar surface area (TPSA) is 42.4 Å². The Hall–Kier alpha value is -2.07. The molecule has 1 aliphatic heterocycles. The number of amides is 1. The first-order valence-electron chi connectivity index (χ1n) is 7.34. The Kier molecular flexibility index (Phi) is 4.59. The van der Waals surface area contributed by atoms with E-state index in [4.69, 9.17) is 16.3 Å². The van der Waals surface area contributed by atoms with Gasteiger partial charge in [0.15, 0.2) is 0 Å². The van der Waals surface area contributed by atoms with Gasteiger partial charge in [0, 0.05) is 43.9 Å². The van der Waals surface area contributed by atoms with Crippen molar-refractivity contribution in [3.63, 3.8) is 0 Å². The van der Waals surface area contributed by atoms with Crippen LogP contribution in [0.1, 0.15) is 23.2 Å². The van der Waals surface area contributed by atoms with Gasteiger partial charge in [-0.3, -0.25) is 9.78 Å². The fourth-order valence-corrected chi connectivity index (χ4v) is 2.75. The van der Waals surface area contributed by atoms with E-state index in [9.17, 15) is 4.79 Å². The lowest BCUT2D eigenvalue weighted by Crippen LogP contribution is -2.41. The van der Waals surface area contributed by atoms with Crippen molar-refractivity contribution in [2.45, 2.75) is 18.9 Å². The molecular weight excluding hydrogens is 300 g/mol. The number of hydrogen-bond acceptors (Lipinski definition) is 3. The molecule has 0 atom stereocenters. The van der Waals surface area contributed by atoms with Crippen molar-refractivity contribution < 1.29 is 9.53 Å². The highest BCUT2D eigenvalue weighted by Crippen LogP contribution is 2.27. The van der Waals surface area contributed by atoms with Crippen LogP contribution >= 0.6 is 11.6 Å². The molecule has 1 fully saturated rings. The van der Waals surface area contributed by atoms with Gasteiger partial charge in [0.25, 0.3) is 5.91 Å². The van der Waals surface area contributed by atoms with Crippen LogP contribution in [0.5, 0.6) is 5.75 Å². The van der Waals surface area contributed by atoms with Crippen molar-refractivity contribution in [3.05, 3.63) is 59.4 Å². The second-order valence-electron chi connectivity index (χ2n) is 5.28.